The summed E-state index contributed by atoms with van der Waals surface area (Å²) >= 11 is 0. The molecule has 28 heavy (non-hydrogen) atoms. The Morgan fingerprint density at radius 3 is 2.50 bits per heavy atom. The van der Waals surface area contributed by atoms with E-state index in [1.807, 2.05) is 12.1 Å². The summed E-state index contributed by atoms with van der Waals surface area (Å²) in [6, 6.07) is 6.08. The summed E-state index contributed by atoms with van der Waals surface area (Å²) in [4.78, 5) is 4.88. The van der Waals surface area contributed by atoms with Crippen LogP contribution in [0.25, 0.3) is 0 Å². The van der Waals surface area contributed by atoms with Crippen LogP contribution in [0.15, 0.2) is 18.2 Å². The highest BCUT2D eigenvalue weighted by Gasteiger charge is 2.35. The van der Waals surface area contributed by atoms with Gasteiger partial charge in [0.1, 0.15) is 6.10 Å². The van der Waals surface area contributed by atoms with Crippen LogP contribution < -0.4 is 0 Å². The van der Waals surface area contributed by atoms with E-state index in [9.17, 15) is 8.78 Å². The molecule has 1 saturated heterocycles. The van der Waals surface area contributed by atoms with E-state index in [4.69, 9.17) is 19.2 Å². The standard InChI is InChI=1S/C22H33F2NO3/c1-16(2)14-28-21(15-27-18-6-10-22(23,24)11-7-18)20-5-3-4-19(25-20)17-8-12-26-13-9-17/h3-5,16-18,21H,6-15H2,1-2H3. The first-order valence-electron chi connectivity index (χ1n) is 10.6. The maximum atomic E-state index is 13.4. The molecule has 1 saturated carbocycles. The predicted octanol–water partition coefficient (Wildman–Crippen LogP) is 5.28. The summed E-state index contributed by atoms with van der Waals surface area (Å²) in [5.41, 5.74) is 1.95. The van der Waals surface area contributed by atoms with E-state index in [2.05, 4.69) is 19.9 Å². The molecule has 0 aromatic carbocycles. The minimum Gasteiger partial charge on any atom is -0.381 e. The smallest absolute Gasteiger partial charge is 0.248 e. The van der Waals surface area contributed by atoms with Crippen molar-refractivity contribution in [2.45, 2.75) is 76.4 Å². The molecule has 0 N–H and O–H groups in total. The molecule has 0 amide bonds. The summed E-state index contributed by atoms with van der Waals surface area (Å²) in [6.45, 7) is 6.73. The van der Waals surface area contributed by atoms with Crippen LogP contribution in [0.5, 0.6) is 0 Å². The number of nitrogens with zero attached hydrogens (tertiary/aromatic N) is 1. The molecule has 1 unspecified atom stereocenters. The molecule has 2 aliphatic rings. The molecule has 1 atom stereocenters. The Labute approximate surface area is 167 Å². The van der Waals surface area contributed by atoms with E-state index in [1.165, 1.54) is 0 Å². The maximum Gasteiger partial charge on any atom is 0.248 e. The first-order valence-corrected chi connectivity index (χ1v) is 10.6. The van der Waals surface area contributed by atoms with Gasteiger partial charge >= 0.3 is 0 Å². The Bertz CT molecular complexity index is 595. The van der Waals surface area contributed by atoms with E-state index < -0.39 is 5.92 Å². The van der Waals surface area contributed by atoms with Crippen LogP contribution in [0.2, 0.25) is 0 Å². The molecule has 4 nitrogen and oxygen atoms in total. The first kappa shape index (κ1) is 21.6. The van der Waals surface area contributed by atoms with Crippen molar-refractivity contribution in [1.82, 2.24) is 4.98 Å². The second-order valence-corrected chi connectivity index (χ2v) is 8.48. The number of rotatable bonds is 8. The lowest BCUT2D eigenvalue weighted by molar-refractivity contribution is -0.103. The van der Waals surface area contributed by atoms with Gasteiger partial charge in [-0.05, 0) is 43.7 Å². The molecule has 1 aliphatic carbocycles. The molecule has 0 spiro atoms. The lowest BCUT2D eigenvalue weighted by Gasteiger charge is -2.30. The quantitative estimate of drug-likeness (QED) is 0.598. The van der Waals surface area contributed by atoms with E-state index in [1.54, 1.807) is 0 Å². The van der Waals surface area contributed by atoms with Crippen LogP contribution in [0.4, 0.5) is 8.78 Å². The number of hydrogen-bond acceptors (Lipinski definition) is 4. The van der Waals surface area contributed by atoms with Crippen molar-refractivity contribution in [2.24, 2.45) is 5.92 Å². The number of aromatic nitrogens is 1. The molecule has 2 fully saturated rings. The lowest BCUT2D eigenvalue weighted by atomic mass is 9.94. The molecule has 3 rings (SSSR count). The third kappa shape index (κ3) is 6.46. The van der Waals surface area contributed by atoms with Crippen molar-refractivity contribution in [3.63, 3.8) is 0 Å². The van der Waals surface area contributed by atoms with Gasteiger partial charge in [0.05, 0.1) is 18.4 Å². The third-order valence-corrected chi connectivity index (χ3v) is 5.54. The summed E-state index contributed by atoms with van der Waals surface area (Å²) in [6.07, 6.45) is 2.20. The normalized spacial score (nSPS) is 22.5. The average Bonchev–Trinajstić information content (AvgIpc) is 2.69. The summed E-state index contributed by atoms with van der Waals surface area (Å²) in [7, 11) is 0. The van der Waals surface area contributed by atoms with E-state index >= 15 is 0 Å². The zero-order chi connectivity index (χ0) is 20.0. The molecule has 0 bridgehead atoms. The molecule has 0 radical (unpaired) electrons. The fraction of sp³-hybridized carbons (Fsp3) is 0.773. The van der Waals surface area contributed by atoms with Crippen molar-refractivity contribution in [3.05, 3.63) is 29.6 Å². The van der Waals surface area contributed by atoms with Crippen molar-refractivity contribution < 1.29 is 23.0 Å². The van der Waals surface area contributed by atoms with Crippen LogP contribution in [0.3, 0.4) is 0 Å². The van der Waals surface area contributed by atoms with Crippen LogP contribution in [0, 0.1) is 5.92 Å². The molecule has 6 heteroatoms. The number of ether oxygens (including phenoxy) is 3. The summed E-state index contributed by atoms with van der Waals surface area (Å²) in [5.74, 6) is -1.72. The average molecular weight is 398 g/mol. The molecular formula is C22H33F2NO3. The minimum atomic E-state index is -2.53. The van der Waals surface area contributed by atoms with Gasteiger partial charge in [0.25, 0.3) is 0 Å². The van der Waals surface area contributed by atoms with Crippen molar-refractivity contribution in [1.29, 1.82) is 0 Å². The third-order valence-electron chi connectivity index (χ3n) is 5.54. The molecular weight excluding hydrogens is 364 g/mol. The molecule has 2 heterocycles. The highest BCUT2D eigenvalue weighted by atomic mass is 19.3. The van der Waals surface area contributed by atoms with Gasteiger partial charge < -0.3 is 14.2 Å². The first-order chi connectivity index (χ1) is 13.4. The minimum absolute atomic E-state index is 0.0906. The van der Waals surface area contributed by atoms with Crippen molar-refractivity contribution >= 4 is 0 Å². The fourth-order valence-electron chi connectivity index (χ4n) is 3.80. The van der Waals surface area contributed by atoms with E-state index in [-0.39, 0.29) is 25.0 Å². The van der Waals surface area contributed by atoms with Gasteiger partial charge in [-0.1, -0.05) is 19.9 Å². The number of hydrogen-bond donors (Lipinski definition) is 0. The van der Waals surface area contributed by atoms with Gasteiger partial charge in [0.2, 0.25) is 5.92 Å². The van der Waals surface area contributed by atoms with Gasteiger partial charge in [0, 0.05) is 44.3 Å². The predicted molar refractivity (Wildman–Crippen MR) is 104 cm³/mol. The molecule has 1 aliphatic heterocycles. The van der Waals surface area contributed by atoms with Crippen LogP contribution >= 0.6 is 0 Å². The van der Waals surface area contributed by atoms with Crippen LogP contribution in [-0.4, -0.2) is 43.4 Å². The van der Waals surface area contributed by atoms with E-state index in [0.29, 0.717) is 37.9 Å². The topological polar surface area (TPSA) is 40.6 Å². The Morgan fingerprint density at radius 2 is 1.82 bits per heavy atom. The van der Waals surface area contributed by atoms with Crippen LogP contribution in [-0.2, 0) is 14.2 Å². The Balaban J connectivity index is 1.63. The molecule has 158 valence electrons. The molecule has 1 aromatic rings. The van der Waals surface area contributed by atoms with E-state index in [0.717, 1.165) is 37.4 Å². The van der Waals surface area contributed by atoms with Gasteiger partial charge in [-0.15, -0.1) is 0 Å². The zero-order valence-corrected chi connectivity index (χ0v) is 17.0. The second-order valence-electron chi connectivity index (χ2n) is 8.48. The number of pyridine rings is 1. The van der Waals surface area contributed by atoms with Gasteiger partial charge in [0.15, 0.2) is 0 Å². The second kappa shape index (κ2) is 10.1. The van der Waals surface area contributed by atoms with Gasteiger partial charge in [-0.2, -0.15) is 0 Å². The van der Waals surface area contributed by atoms with Crippen molar-refractivity contribution in [3.8, 4) is 0 Å². The number of alkyl halides is 2. The highest BCUT2D eigenvalue weighted by Crippen LogP contribution is 2.35. The number of halogens is 2. The monoisotopic (exact) mass is 397 g/mol. The highest BCUT2D eigenvalue weighted by molar-refractivity contribution is 5.17. The SMILES string of the molecule is CC(C)COC(COC1CCC(F)(F)CC1)c1cccc(C2CCOCC2)n1. The van der Waals surface area contributed by atoms with Crippen molar-refractivity contribution in [2.75, 3.05) is 26.4 Å². The Morgan fingerprint density at radius 1 is 1.11 bits per heavy atom. The van der Waals surface area contributed by atoms with Gasteiger partial charge in [-0.25, -0.2) is 8.78 Å². The van der Waals surface area contributed by atoms with Gasteiger partial charge in [-0.3, -0.25) is 4.98 Å². The largest absolute Gasteiger partial charge is 0.381 e. The Kier molecular flexibility index (Phi) is 7.77. The van der Waals surface area contributed by atoms with Crippen LogP contribution in [0.1, 0.15) is 75.8 Å². The Hall–Kier alpha value is -1.11. The lowest BCUT2D eigenvalue weighted by Crippen LogP contribution is -2.30. The zero-order valence-electron chi connectivity index (χ0n) is 17.0. The fourth-order valence-corrected chi connectivity index (χ4v) is 3.80. The summed E-state index contributed by atoms with van der Waals surface area (Å²) < 4.78 is 44.3. The molecule has 1 aromatic heterocycles. The summed E-state index contributed by atoms with van der Waals surface area (Å²) in [5, 5.41) is 0. The maximum absolute atomic E-state index is 13.4.